The lowest BCUT2D eigenvalue weighted by atomic mass is 10.5. The SMILES string of the molecule is O=C(O)c1cn(CCNC(=O)N2CCS(=O)(=O)CC2)cn1. The topological polar surface area (TPSA) is 122 Å². The molecule has 2 amide bonds. The van der Waals surface area contributed by atoms with Crippen molar-refractivity contribution in [1.29, 1.82) is 0 Å². The van der Waals surface area contributed by atoms with Crippen LogP contribution in [0.2, 0.25) is 0 Å². The summed E-state index contributed by atoms with van der Waals surface area (Å²) in [5.41, 5.74) is -0.0532. The molecule has 0 unspecified atom stereocenters. The van der Waals surface area contributed by atoms with Crippen molar-refractivity contribution in [3.8, 4) is 0 Å². The Bertz CT molecular complexity index is 625. The van der Waals surface area contributed by atoms with Crippen molar-refractivity contribution < 1.29 is 23.1 Å². The number of amides is 2. The molecule has 0 bridgehead atoms. The van der Waals surface area contributed by atoms with Crippen LogP contribution in [0.4, 0.5) is 4.79 Å². The summed E-state index contributed by atoms with van der Waals surface area (Å²) in [4.78, 5) is 27.6. The quantitative estimate of drug-likeness (QED) is 0.736. The highest BCUT2D eigenvalue weighted by Crippen LogP contribution is 2.03. The fourth-order valence-electron chi connectivity index (χ4n) is 1.91. The summed E-state index contributed by atoms with van der Waals surface area (Å²) in [6.45, 7) is 1.08. The maximum atomic E-state index is 11.8. The molecule has 0 atom stereocenters. The van der Waals surface area contributed by atoms with Gasteiger partial charge in [0, 0.05) is 32.4 Å². The number of aromatic nitrogens is 2. The number of carboxylic acid groups (broad SMARTS) is 1. The van der Waals surface area contributed by atoms with Crippen LogP contribution in [0.1, 0.15) is 10.5 Å². The van der Waals surface area contributed by atoms with Gasteiger partial charge in [0.05, 0.1) is 17.8 Å². The van der Waals surface area contributed by atoms with Crippen molar-refractivity contribution in [1.82, 2.24) is 19.8 Å². The second-order valence-electron chi connectivity index (χ2n) is 4.67. The summed E-state index contributed by atoms with van der Waals surface area (Å²) >= 11 is 0. The van der Waals surface area contributed by atoms with Crippen LogP contribution in [0.25, 0.3) is 0 Å². The molecule has 1 aliphatic rings. The number of hydrogen-bond acceptors (Lipinski definition) is 5. The minimum atomic E-state index is -3.01. The van der Waals surface area contributed by atoms with E-state index in [1.54, 1.807) is 4.57 Å². The molecular formula is C11H16N4O5S. The Labute approximate surface area is 121 Å². The predicted molar refractivity (Wildman–Crippen MR) is 72.8 cm³/mol. The van der Waals surface area contributed by atoms with Crippen LogP contribution in [0, 0.1) is 0 Å². The second kappa shape index (κ2) is 6.12. The normalized spacial score (nSPS) is 17.4. The predicted octanol–water partition coefficient (Wildman–Crippen LogP) is -0.979. The Hall–Kier alpha value is -2.10. The van der Waals surface area contributed by atoms with Crippen LogP contribution in [0.3, 0.4) is 0 Å². The van der Waals surface area contributed by atoms with Gasteiger partial charge in [0.2, 0.25) is 0 Å². The van der Waals surface area contributed by atoms with Gasteiger partial charge in [-0.3, -0.25) is 0 Å². The first-order valence-corrected chi connectivity index (χ1v) is 8.18. The number of aromatic carboxylic acids is 1. The maximum absolute atomic E-state index is 11.8. The molecule has 0 aromatic carbocycles. The van der Waals surface area contributed by atoms with Crippen LogP contribution in [0.15, 0.2) is 12.5 Å². The average molecular weight is 316 g/mol. The highest BCUT2D eigenvalue weighted by Gasteiger charge is 2.24. The van der Waals surface area contributed by atoms with Gasteiger partial charge in [0.1, 0.15) is 0 Å². The molecule has 1 saturated heterocycles. The molecule has 10 heteroatoms. The van der Waals surface area contributed by atoms with E-state index in [0.29, 0.717) is 13.1 Å². The van der Waals surface area contributed by atoms with E-state index in [2.05, 4.69) is 10.3 Å². The summed E-state index contributed by atoms with van der Waals surface area (Å²) in [6.07, 6.45) is 2.75. The molecule has 21 heavy (non-hydrogen) atoms. The number of sulfone groups is 1. The fourth-order valence-corrected chi connectivity index (χ4v) is 3.11. The smallest absolute Gasteiger partial charge is 0.356 e. The van der Waals surface area contributed by atoms with E-state index >= 15 is 0 Å². The van der Waals surface area contributed by atoms with Crippen molar-refractivity contribution in [2.45, 2.75) is 6.54 Å². The number of carboxylic acids is 1. The third-order valence-electron chi connectivity index (χ3n) is 3.13. The number of imidazole rings is 1. The molecule has 1 fully saturated rings. The molecule has 0 radical (unpaired) electrons. The number of rotatable bonds is 4. The molecule has 0 aliphatic carbocycles. The van der Waals surface area contributed by atoms with Crippen molar-refractivity contribution in [3.05, 3.63) is 18.2 Å². The molecule has 0 saturated carbocycles. The van der Waals surface area contributed by atoms with Gasteiger partial charge in [0.25, 0.3) is 0 Å². The summed E-state index contributed by atoms with van der Waals surface area (Å²) in [5.74, 6) is -1.12. The molecule has 1 aliphatic heterocycles. The van der Waals surface area contributed by atoms with Gasteiger partial charge in [-0.05, 0) is 0 Å². The Balaban J connectivity index is 1.75. The van der Waals surface area contributed by atoms with E-state index in [9.17, 15) is 18.0 Å². The zero-order chi connectivity index (χ0) is 15.5. The van der Waals surface area contributed by atoms with Gasteiger partial charge < -0.3 is 19.9 Å². The zero-order valence-corrected chi connectivity index (χ0v) is 12.0. The van der Waals surface area contributed by atoms with Gasteiger partial charge in [-0.25, -0.2) is 23.0 Å². The Morgan fingerprint density at radius 1 is 1.33 bits per heavy atom. The Morgan fingerprint density at radius 2 is 2.00 bits per heavy atom. The van der Waals surface area contributed by atoms with Gasteiger partial charge in [-0.1, -0.05) is 0 Å². The van der Waals surface area contributed by atoms with Crippen molar-refractivity contribution in [2.75, 3.05) is 31.1 Å². The fraction of sp³-hybridized carbons (Fsp3) is 0.545. The van der Waals surface area contributed by atoms with Crippen LogP contribution in [-0.4, -0.2) is 71.1 Å². The van der Waals surface area contributed by atoms with Crippen molar-refractivity contribution >= 4 is 21.8 Å². The molecule has 2 rings (SSSR count). The van der Waals surface area contributed by atoms with Crippen LogP contribution in [-0.2, 0) is 16.4 Å². The number of nitrogens with one attached hydrogen (secondary N) is 1. The largest absolute Gasteiger partial charge is 0.476 e. The second-order valence-corrected chi connectivity index (χ2v) is 6.98. The first-order valence-electron chi connectivity index (χ1n) is 6.36. The van der Waals surface area contributed by atoms with E-state index in [0.717, 1.165) is 0 Å². The lowest BCUT2D eigenvalue weighted by molar-refractivity contribution is 0.0691. The van der Waals surface area contributed by atoms with Gasteiger partial charge in [-0.2, -0.15) is 0 Å². The zero-order valence-electron chi connectivity index (χ0n) is 11.2. The van der Waals surface area contributed by atoms with E-state index in [-0.39, 0.29) is 36.3 Å². The third-order valence-corrected chi connectivity index (χ3v) is 4.74. The van der Waals surface area contributed by atoms with Gasteiger partial charge in [0.15, 0.2) is 15.5 Å². The van der Waals surface area contributed by atoms with Crippen LogP contribution >= 0.6 is 0 Å². The van der Waals surface area contributed by atoms with E-state index in [1.165, 1.54) is 17.4 Å². The molecule has 2 heterocycles. The summed E-state index contributed by atoms with van der Waals surface area (Å²) in [6, 6.07) is -0.316. The van der Waals surface area contributed by atoms with Crippen molar-refractivity contribution in [3.63, 3.8) is 0 Å². The summed E-state index contributed by atoms with van der Waals surface area (Å²) in [5, 5.41) is 11.4. The van der Waals surface area contributed by atoms with E-state index < -0.39 is 15.8 Å². The molecule has 2 N–H and O–H groups in total. The molecule has 1 aromatic heterocycles. The molecular weight excluding hydrogens is 300 g/mol. The average Bonchev–Trinajstić information content (AvgIpc) is 2.87. The summed E-state index contributed by atoms with van der Waals surface area (Å²) in [7, 11) is -3.01. The first-order chi connectivity index (χ1) is 9.87. The highest BCUT2D eigenvalue weighted by atomic mass is 32.2. The minimum Gasteiger partial charge on any atom is -0.476 e. The number of carbonyl (C=O) groups excluding carboxylic acids is 1. The van der Waals surface area contributed by atoms with Crippen LogP contribution in [0.5, 0.6) is 0 Å². The lowest BCUT2D eigenvalue weighted by Crippen LogP contribution is -2.48. The number of nitrogens with zero attached hydrogens (tertiary/aromatic N) is 3. The van der Waals surface area contributed by atoms with Crippen LogP contribution < -0.4 is 5.32 Å². The van der Waals surface area contributed by atoms with E-state index in [1.807, 2.05) is 0 Å². The lowest BCUT2D eigenvalue weighted by Gasteiger charge is -2.26. The van der Waals surface area contributed by atoms with Crippen molar-refractivity contribution in [2.24, 2.45) is 0 Å². The van der Waals surface area contributed by atoms with Gasteiger partial charge in [-0.15, -0.1) is 0 Å². The number of urea groups is 1. The Morgan fingerprint density at radius 3 is 2.57 bits per heavy atom. The maximum Gasteiger partial charge on any atom is 0.356 e. The molecule has 116 valence electrons. The molecule has 0 spiro atoms. The highest BCUT2D eigenvalue weighted by molar-refractivity contribution is 7.91. The van der Waals surface area contributed by atoms with E-state index in [4.69, 9.17) is 5.11 Å². The monoisotopic (exact) mass is 316 g/mol. The van der Waals surface area contributed by atoms with Gasteiger partial charge >= 0.3 is 12.0 Å². The first kappa shape index (κ1) is 15.3. The number of carbonyl (C=O) groups is 2. The Kier molecular flexibility index (Phi) is 4.46. The summed E-state index contributed by atoms with van der Waals surface area (Å²) < 4.78 is 24.1. The standard InChI is InChI=1S/C11H16N4O5S/c16-10(17)9-7-14(8-13-9)2-1-12-11(18)15-3-5-21(19,20)6-4-15/h7-8H,1-6H2,(H,12,18)(H,16,17). The molecule has 1 aromatic rings. The molecule has 9 nitrogen and oxygen atoms in total. The number of hydrogen-bond donors (Lipinski definition) is 2. The minimum absolute atomic E-state index is 0.0100. The third kappa shape index (κ3) is 4.18.